The summed E-state index contributed by atoms with van der Waals surface area (Å²) in [5, 5.41) is 9.07. The van der Waals surface area contributed by atoms with Crippen molar-refractivity contribution in [2.75, 3.05) is 23.8 Å². The predicted octanol–water partition coefficient (Wildman–Crippen LogP) is 2.46. The third kappa shape index (κ3) is 3.51. The lowest BCUT2D eigenvalue weighted by molar-refractivity contribution is -0.116. The van der Waals surface area contributed by atoms with E-state index in [-0.39, 0.29) is 23.7 Å². The molecule has 0 saturated carbocycles. The minimum atomic E-state index is 0.0512. The number of benzene rings is 1. The van der Waals surface area contributed by atoms with E-state index in [2.05, 4.69) is 0 Å². The fraction of sp³-hybridized carbons (Fsp3) is 0.533. The van der Waals surface area contributed by atoms with Gasteiger partial charge in [0.1, 0.15) is 0 Å². The van der Waals surface area contributed by atoms with Gasteiger partial charge in [-0.3, -0.25) is 4.79 Å². The molecule has 0 spiro atoms. The molecule has 0 aliphatic carbocycles. The van der Waals surface area contributed by atoms with Crippen LogP contribution in [0.2, 0.25) is 0 Å². The van der Waals surface area contributed by atoms with Crippen molar-refractivity contribution in [3.8, 4) is 0 Å². The van der Waals surface area contributed by atoms with Crippen molar-refractivity contribution in [1.82, 2.24) is 0 Å². The Balaban J connectivity index is 1.96. The van der Waals surface area contributed by atoms with E-state index in [0.717, 1.165) is 24.4 Å². The first kappa shape index (κ1) is 14.4. The van der Waals surface area contributed by atoms with E-state index in [9.17, 15) is 4.79 Å². The number of hydrogen-bond acceptors (Lipinski definition) is 3. The Morgan fingerprint density at radius 3 is 2.74 bits per heavy atom. The molecule has 0 radical (unpaired) electrons. The number of amides is 1. The lowest BCUT2D eigenvalue weighted by Crippen LogP contribution is -2.28. The highest BCUT2D eigenvalue weighted by Crippen LogP contribution is 2.29. The van der Waals surface area contributed by atoms with Crippen molar-refractivity contribution in [3.05, 3.63) is 29.8 Å². The van der Waals surface area contributed by atoms with Crippen molar-refractivity contribution in [1.29, 1.82) is 0 Å². The maximum atomic E-state index is 12.3. The van der Waals surface area contributed by atoms with Crippen LogP contribution in [-0.2, 0) is 4.79 Å². The molecule has 2 atom stereocenters. The van der Waals surface area contributed by atoms with Crippen molar-refractivity contribution in [2.45, 2.75) is 25.5 Å². The first-order valence-electron chi connectivity index (χ1n) is 6.72. The number of aliphatic hydroxyl groups excluding tert-OH is 1. The topological polar surface area (TPSA) is 40.5 Å². The van der Waals surface area contributed by atoms with Crippen LogP contribution in [-0.4, -0.2) is 35.2 Å². The minimum absolute atomic E-state index is 0.0512. The van der Waals surface area contributed by atoms with Gasteiger partial charge in [-0.15, -0.1) is 11.8 Å². The van der Waals surface area contributed by atoms with Crippen LogP contribution in [0.5, 0.6) is 0 Å². The normalized spacial score (nSPS) is 20.9. The van der Waals surface area contributed by atoms with Gasteiger partial charge in [0.25, 0.3) is 0 Å². The summed E-state index contributed by atoms with van der Waals surface area (Å²) in [4.78, 5) is 14.2. The second kappa shape index (κ2) is 6.44. The average Bonchev–Trinajstić information content (AvgIpc) is 2.78. The number of carbonyl (C=O) groups is 1. The second-order valence-corrected chi connectivity index (χ2v) is 6.46. The van der Waals surface area contributed by atoms with Crippen LogP contribution in [0.3, 0.4) is 0 Å². The van der Waals surface area contributed by atoms with Crippen LogP contribution >= 0.6 is 11.8 Å². The highest BCUT2D eigenvalue weighted by atomic mass is 32.2. The van der Waals surface area contributed by atoms with Crippen LogP contribution in [0.4, 0.5) is 5.69 Å². The molecule has 104 valence electrons. The zero-order chi connectivity index (χ0) is 13.8. The van der Waals surface area contributed by atoms with Gasteiger partial charge in [-0.2, -0.15) is 0 Å². The first-order chi connectivity index (χ1) is 9.11. The summed E-state index contributed by atoms with van der Waals surface area (Å²) < 4.78 is 0. The van der Waals surface area contributed by atoms with Gasteiger partial charge in [0.05, 0.1) is 5.25 Å². The maximum absolute atomic E-state index is 12.3. The Labute approximate surface area is 119 Å². The Kier molecular flexibility index (Phi) is 4.88. The highest BCUT2D eigenvalue weighted by molar-refractivity contribution is 8.00. The highest BCUT2D eigenvalue weighted by Gasteiger charge is 2.32. The molecule has 19 heavy (non-hydrogen) atoms. The molecule has 2 rings (SSSR count). The fourth-order valence-corrected chi connectivity index (χ4v) is 3.33. The summed E-state index contributed by atoms with van der Waals surface area (Å²) in [6, 6.07) is 8.10. The summed E-state index contributed by atoms with van der Waals surface area (Å²) >= 11 is 1.68. The molecular formula is C15H21NO2S. The number of rotatable bonds is 5. The summed E-state index contributed by atoms with van der Waals surface area (Å²) in [5.41, 5.74) is 2.20. The first-order valence-corrected chi connectivity index (χ1v) is 7.77. The largest absolute Gasteiger partial charge is 0.396 e. The smallest absolute Gasteiger partial charge is 0.240 e. The number of thioether (sulfide) groups is 1. The quantitative estimate of drug-likeness (QED) is 0.900. The number of aliphatic hydroxyl groups is 1. The second-order valence-electron chi connectivity index (χ2n) is 5.22. The van der Waals surface area contributed by atoms with E-state index in [0.29, 0.717) is 0 Å². The molecule has 3 nitrogen and oxygen atoms in total. The van der Waals surface area contributed by atoms with Crippen molar-refractivity contribution < 1.29 is 9.90 Å². The van der Waals surface area contributed by atoms with Gasteiger partial charge in [-0.1, -0.05) is 24.6 Å². The number of anilines is 1. The molecule has 1 aromatic rings. The number of carbonyl (C=O) groups excluding carboxylic acids is 1. The van der Waals surface area contributed by atoms with Gasteiger partial charge in [0.15, 0.2) is 0 Å². The molecule has 0 bridgehead atoms. The molecule has 4 heteroatoms. The lowest BCUT2D eigenvalue weighted by atomic mass is 10.2. The van der Waals surface area contributed by atoms with E-state index < -0.39 is 0 Å². The Morgan fingerprint density at radius 1 is 1.42 bits per heavy atom. The van der Waals surface area contributed by atoms with Crippen molar-refractivity contribution >= 4 is 23.4 Å². The van der Waals surface area contributed by atoms with Crippen LogP contribution in [0.25, 0.3) is 0 Å². The Hall–Kier alpha value is -1.00. The molecule has 1 aromatic carbocycles. The third-order valence-electron chi connectivity index (χ3n) is 3.40. The standard InChI is InChI=1S/C15H21NO2S/c1-11-3-5-13(6-4-11)16-8-7-14(15(16)18)19-10-12(2)9-17/h3-6,12,14,17H,7-10H2,1-2H3/t12-,14+/m0/s1. The van der Waals surface area contributed by atoms with E-state index in [1.54, 1.807) is 11.8 Å². The zero-order valence-electron chi connectivity index (χ0n) is 11.5. The molecule has 1 aliphatic heterocycles. The Morgan fingerprint density at radius 2 is 2.11 bits per heavy atom. The number of nitrogens with zero attached hydrogens (tertiary/aromatic N) is 1. The Bertz CT molecular complexity index is 432. The van der Waals surface area contributed by atoms with E-state index in [4.69, 9.17) is 5.11 Å². The number of aryl methyl sites for hydroxylation is 1. The summed E-state index contributed by atoms with van der Waals surface area (Å²) in [5.74, 6) is 1.31. The van der Waals surface area contributed by atoms with E-state index in [1.165, 1.54) is 5.56 Å². The van der Waals surface area contributed by atoms with Crippen LogP contribution < -0.4 is 4.90 Å². The third-order valence-corrected chi connectivity index (χ3v) is 5.00. The predicted molar refractivity (Wildman–Crippen MR) is 80.6 cm³/mol. The lowest BCUT2D eigenvalue weighted by Gasteiger charge is -2.17. The van der Waals surface area contributed by atoms with Gasteiger partial charge < -0.3 is 10.0 Å². The van der Waals surface area contributed by atoms with Gasteiger partial charge in [-0.25, -0.2) is 0 Å². The molecule has 1 saturated heterocycles. The minimum Gasteiger partial charge on any atom is -0.396 e. The van der Waals surface area contributed by atoms with Crippen molar-refractivity contribution in [2.24, 2.45) is 5.92 Å². The van der Waals surface area contributed by atoms with Crippen molar-refractivity contribution in [3.63, 3.8) is 0 Å². The molecule has 1 amide bonds. The average molecular weight is 279 g/mol. The molecule has 1 N–H and O–H groups in total. The molecule has 0 aromatic heterocycles. The SMILES string of the molecule is Cc1ccc(N2CC[C@@H](SC[C@@H](C)CO)C2=O)cc1. The zero-order valence-corrected chi connectivity index (χ0v) is 12.3. The van der Waals surface area contributed by atoms with Crippen LogP contribution in [0.15, 0.2) is 24.3 Å². The summed E-state index contributed by atoms with van der Waals surface area (Å²) in [7, 11) is 0. The van der Waals surface area contributed by atoms with Gasteiger partial charge in [-0.05, 0) is 37.1 Å². The van der Waals surface area contributed by atoms with E-state index in [1.807, 2.05) is 43.0 Å². The fourth-order valence-electron chi connectivity index (χ4n) is 2.12. The van der Waals surface area contributed by atoms with Gasteiger partial charge >= 0.3 is 0 Å². The van der Waals surface area contributed by atoms with E-state index >= 15 is 0 Å². The maximum Gasteiger partial charge on any atom is 0.240 e. The molecule has 0 unspecified atom stereocenters. The molecule has 1 fully saturated rings. The van der Waals surface area contributed by atoms with Gasteiger partial charge in [0, 0.05) is 18.8 Å². The number of hydrogen-bond donors (Lipinski definition) is 1. The van der Waals surface area contributed by atoms with Crippen LogP contribution in [0.1, 0.15) is 18.9 Å². The molecule has 1 aliphatic rings. The summed E-state index contributed by atoms with van der Waals surface area (Å²) in [6.07, 6.45) is 0.898. The van der Waals surface area contributed by atoms with Crippen LogP contribution in [0, 0.1) is 12.8 Å². The molecule has 1 heterocycles. The summed E-state index contributed by atoms with van der Waals surface area (Å²) in [6.45, 7) is 5.04. The van der Waals surface area contributed by atoms with Gasteiger partial charge in [0.2, 0.25) is 5.91 Å². The monoisotopic (exact) mass is 279 g/mol. The molecular weight excluding hydrogens is 258 g/mol.